The van der Waals surface area contributed by atoms with E-state index >= 15 is 0 Å². The van der Waals surface area contributed by atoms with Crippen molar-refractivity contribution >= 4 is 5.97 Å². The highest BCUT2D eigenvalue weighted by Crippen LogP contribution is 2.07. The summed E-state index contributed by atoms with van der Waals surface area (Å²) in [4.78, 5) is 11.7. The summed E-state index contributed by atoms with van der Waals surface area (Å²) in [6, 6.07) is 16.6. The van der Waals surface area contributed by atoms with Crippen LogP contribution in [0.4, 0.5) is 0 Å². The Labute approximate surface area is 101 Å². The lowest BCUT2D eigenvalue weighted by atomic mass is 10.1. The SMILES string of the molecule is [CH2]c1ccc(C(=O)OCc2ccccc2)cc1. The van der Waals surface area contributed by atoms with Crippen LogP contribution >= 0.6 is 0 Å². The summed E-state index contributed by atoms with van der Waals surface area (Å²) >= 11 is 0. The van der Waals surface area contributed by atoms with Crippen LogP contribution in [0.5, 0.6) is 0 Å². The van der Waals surface area contributed by atoms with Gasteiger partial charge in [-0.05, 0) is 30.2 Å². The van der Waals surface area contributed by atoms with Gasteiger partial charge in [-0.15, -0.1) is 0 Å². The highest BCUT2D eigenvalue weighted by atomic mass is 16.5. The van der Waals surface area contributed by atoms with E-state index in [0.29, 0.717) is 12.2 Å². The zero-order chi connectivity index (χ0) is 12.1. The van der Waals surface area contributed by atoms with E-state index < -0.39 is 0 Å². The summed E-state index contributed by atoms with van der Waals surface area (Å²) in [6.45, 7) is 4.06. The van der Waals surface area contributed by atoms with Crippen LogP contribution in [0.1, 0.15) is 21.5 Å². The van der Waals surface area contributed by atoms with Crippen molar-refractivity contribution in [1.82, 2.24) is 0 Å². The number of ether oxygens (including phenoxy) is 1. The molecule has 0 heterocycles. The molecule has 0 aliphatic carbocycles. The average Bonchev–Trinajstić information content (AvgIpc) is 2.38. The molecule has 0 atom stereocenters. The Balaban J connectivity index is 1.96. The fraction of sp³-hybridized carbons (Fsp3) is 0.0667. The van der Waals surface area contributed by atoms with E-state index in [1.54, 1.807) is 24.3 Å². The highest BCUT2D eigenvalue weighted by Gasteiger charge is 2.06. The van der Waals surface area contributed by atoms with E-state index in [1.165, 1.54) is 0 Å². The van der Waals surface area contributed by atoms with Gasteiger partial charge in [-0.25, -0.2) is 4.79 Å². The molecule has 1 radical (unpaired) electrons. The standard InChI is InChI=1S/C15H13O2/c1-12-7-9-14(10-8-12)15(16)17-11-13-5-3-2-4-6-13/h2-10H,1,11H2. The molecule has 0 amide bonds. The zero-order valence-electron chi connectivity index (χ0n) is 9.43. The third-order valence-electron chi connectivity index (χ3n) is 2.40. The summed E-state index contributed by atoms with van der Waals surface area (Å²) in [5, 5.41) is 0. The number of carbonyl (C=O) groups excluding carboxylic acids is 1. The molecule has 0 saturated heterocycles. The molecule has 2 rings (SSSR count). The molecule has 2 aromatic carbocycles. The molecular weight excluding hydrogens is 212 g/mol. The maximum Gasteiger partial charge on any atom is 0.338 e. The summed E-state index contributed by atoms with van der Waals surface area (Å²) in [7, 11) is 0. The number of hydrogen-bond donors (Lipinski definition) is 0. The monoisotopic (exact) mass is 225 g/mol. The fourth-order valence-corrected chi connectivity index (χ4v) is 1.45. The van der Waals surface area contributed by atoms with Crippen molar-refractivity contribution in [1.29, 1.82) is 0 Å². The minimum Gasteiger partial charge on any atom is -0.457 e. The molecule has 0 saturated carbocycles. The van der Waals surface area contributed by atoms with Gasteiger partial charge in [0.25, 0.3) is 0 Å². The van der Waals surface area contributed by atoms with Crippen LogP contribution < -0.4 is 0 Å². The van der Waals surface area contributed by atoms with E-state index in [0.717, 1.165) is 11.1 Å². The first-order valence-corrected chi connectivity index (χ1v) is 5.39. The topological polar surface area (TPSA) is 26.3 Å². The number of rotatable bonds is 3. The molecule has 0 bridgehead atoms. The molecule has 0 aromatic heterocycles. The van der Waals surface area contributed by atoms with E-state index in [2.05, 4.69) is 6.92 Å². The summed E-state index contributed by atoms with van der Waals surface area (Å²) in [6.07, 6.45) is 0. The molecule has 0 N–H and O–H groups in total. The largest absolute Gasteiger partial charge is 0.457 e. The number of esters is 1. The van der Waals surface area contributed by atoms with Gasteiger partial charge in [-0.2, -0.15) is 0 Å². The van der Waals surface area contributed by atoms with Gasteiger partial charge in [0.1, 0.15) is 6.61 Å². The van der Waals surface area contributed by atoms with Crippen LogP contribution in [0.15, 0.2) is 54.6 Å². The van der Waals surface area contributed by atoms with Crippen molar-refractivity contribution in [2.24, 2.45) is 0 Å². The van der Waals surface area contributed by atoms with Gasteiger partial charge < -0.3 is 4.74 Å². The van der Waals surface area contributed by atoms with Crippen LogP contribution in [0, 0.1) is 6.92 Å². The van der Waals surface area contributed by atoms with Crippen LogP contribution in [0.3, 0.4) is 0 Å². The van der Waals surface area contributed by atoms with E-state index in [4.69, 9.17) is 4.74 Å². The third kappa shape index (κ3) is 3.18. The molecule has 0 fully saturated rings. The molecule has 85 valence electrons. The molecule has 2 aromatic rings. The molecular formula is C15H13O2. The molecule has 17 heavy (non-hydrogen) atoms. The lowest BCUT2D eigenvalue weighted by Gasteiger charge is -2.04. The van der Waals surface area contributed by atoms with Gasteiger partial charge in [-0.1, -0.05) is 42.5 Å². The molecule has 0 unspecified atom stereocenters. The Hall–Kier alpha value is -2.09. The van der Waals surface area contributed by atoms with Crippen LogP contribution in [0.2, 0.25) is 0 Å². The molecule has 2 heteroatoms. The van der Waals surface area contributed by atoms with E-state index in [-0.39, 0.29) is 5.97 Å². The zero-order valence-corrected chi connectivity index (χ0v) is 9.43. The predicted octanol–water partition coefficient (Wildman–Crippen LogP) is 3.23. The van der Waals surface area contributed by atoms with Gasteiger partial charge in [0.05, 0.1) is 5.56 Å². The van der Waals surface area contributed by atoms with Gasteiger partial charge >= 0.3 is 5.97 Å². The number of hydrogen-bond acceptors (Lipinski definition) is 2. The van der Waals surface area contributed by atoms with Crippen LogP contribution in [0.25, 0.3) is 0 Å². The van der Waals surface area contributed by atoms with Gasteiger partial charge in [0, 0.05) is 0 Å². The summed E-state index contributed by atoms with van der Waals surface area (Å²) in [5.74, 6) is -0.311. The highest BCUT2D eigenvalue weighted by molar-refractivity contribution is 5.89. The fourth-order valence-electron chi connectivity index (χ4n) is 1.45. The summed E-state index contributed by atoms with van der Waals surface area (Å²) in [5.41, 5.74) is 2.41. The smallest absolute Gasteiger partial charge is 0.338 e. The lowest BCUT2D eigenvalue weighted by Crippen LogP contribution is -2.04. The van der Waals surface area contributed by atoms with Crippen molar-refractivity contribution < 1.29 is 9.53 Å². The van der Waals surface area contributed by atoms with Crippen LogP contribution in [-0.4, -0.2) is 5.97 Å². The Morgan fingerprint density at radius 2 is 1.65 bits per heavy atom. The first-order chi connectivity index (χ1) is 8.25. The Morgan fingerprint density at radius 3 is 2.29 bits per heavy atom. The van der Waals surface area contributed by atoms with Crippen molar-refractivity contribution in [3.05, 3.63) is 78.2 Å². The van der Waals surface area contributed by atoms with Crippen molar-refractivity contribution in [2.75, 3.05) is 0 Å². The minimum absolute atomic E-state index is 0.297. The number of benzene rings is 2. The Morgan fingerprint density at radius 1 is 1.00 bits per heavy atom. The van der Waals surface area contributed by atoms with Crippen molar-refractivity contribution in [3.8, 4) is 0 Å². The second-order valence-electron chi connectivity index (χ2n) is 3.76. The predicted molar refractivity (Wildman–Crippen MR) is 66.5 cm³/mol. The second-order valence-corrected chi connectivity index (χ2v) is 3.76. The third-order valence-corrected chi connectivity index (χ3v) is 2.40. The van der Waals surface area contributed by atoms with E-state index in [9.17, 15) is 4.79 Å². The lowest BCUT2D eigenvalue weighted by molar-refractivity contribution is 0.0473. The van der Waals surface area contributed by atoms with Crippen molar-refractivity contribution in [2.45, 2.75) is 6.61 Å². The van der Waals surface area contributed by atoms with Gasteiger partial charge in [-0.3, -0.25) is 0 Å². The molecule has 2 nitrogen and oxygen atoms in total. The quantitative estimate of drug-likeness (QED) is 0.750. The van der Waals surface area contributed by atoms with Gasteiger partial charge in [0.15, 0.2) is 0 Å². The maximum atomic E-state index is 11.7. The first-order valence-electron chi connectivity index (χ1n) is 5.39. The average molecular weight is 225 g/mol. The molecule has 0 aliphatic rings. The first kappa shape index (κ1) is 11.4. The maximum absolute atomic E-state index is 11.7. The van der Waals surface area contributed by atoms with E-state index in [1.807, 2.05) is 30.3 Å². The minimum atomic E-state index is -0.311. The molecule has 0 aliphatic heterocycles. The number of carbonyl (C=O) groups is 1. The Bertz CT molecular complexity index is 486. The molecule has 0 spiro atoms. The van der Waals surface area contributed by atoms with Gasteiger partial charge in [0.2, 0.25) is 0 Å². The second kappa shape index (κ2) is 5.30. The summed E-state index contributed by atoms with van der Waals surface area (Å²) < 4.78 is 5.19. The van der Waals surface area contributed by atoms with Crippen molar-refractivity contribution in [3.63, 3.8) is 0 Å². The van der Waals surface area contributed by atoms with Crippen LogP contribution in [-0.2, 0) is 11.3 Å². The normalized spacial score (nSPS) is 9.94. The Kier molecular flexibility index (Phi) is 3.55.